The maximum atomic E-state index is 12.3. The topological polar surface area (TPSA) is 20.2 Å². The molecule has 1 N–H and O–H groups in total. The molecule has 0 amide bonds. The third-order valence-corrected chi connectivity index (χ3v) is 1.83. The predicted molar refractivity (Wildman–Crippen MR) is 40.7 cm³/mol. The molecule has 0 aliphatic heterocycles. The molecule has 0 heterocycles. The molecule has 1 atom stereocenters. The number of aliphatic hydroxyl groups excluding tert-OH is 1. The van der Waals surface area contributed by atoms with Crippen molar-refractivity contribution in [2.45, 2.75) is 39.0 Å². The second-order valence-corrected chi connectivity index (χ2v) is 3.07. The molecule has 0 aromatic heterocycles. The van der Waals surface area contributed by atoms with Crippen LogP contribution >= 0.6 is 0 Å². The van der Waals surface area contributed by atoms with Crippen LogP contribution in [0.15, 0.2) is 0 Å². The zero-order chi connectivity index (χ0) is 8.91. The Labute approximate surface area is 66.4 Å². The van der Waals surface area contributed by atoms with E-state index in [0.717, 1.165) is 13.3 Å². The fourth-order valence-corrected chi connectivity index (χ4v) is 0.882. The standard InChI is InChI=1S/C8H16F2O/c1-3-7(6-11)4-5-8(2,9)10/h7,11H,3-6H2,1-2H3/t7-/m1/s1. The van der Waals surface area contributed by atoms with Gasteiger partial charge in [-0.05, 0) is 19.3 Å². The molecular weight excluding hydrogens is 150 g/mol. The zero-order valence-corrected chi connectivity index (χ0v) is 7.11. The van der Waals surface area contributed by atoms with E-state index in [2.05, 4.69) is 0 Å². The molecule has 0 aliphatic carbocycles. The van der Waals surface area contributed by atoms with Gasteiger partial charge in [-0.3, -0.25) is 0 Å². The van der Waals surface area contributed by atoms with Crippen molar-refractivity contribution in [1.29, 1.82) is 0 Å². The van der Waals surface area contributed by atoms with Crippen molar-refractivity contribution < 1.29 is 13.9 Å². The van der Waals surface area contributed by atoms with Crippen LogP contribution in [0.5, 0.6) is 0 Å². The van der Waals surface area contributed by atoms with Gasteiger partial charge in [0.15, 0.2) is 0 Å². The van der Waals surface area contributed by atoms with E-state index in [9.17, 15) is 8.78 Å². The van der Waals surface area contributed by atoms with E-state index in [1.54, 1.807) is 0 Å². The molecule has 0 aromatic rings. The van der Waals surface area contributed by atoms with Gasteiger partial charge in [-0.25, -0.2) is 8.78 Å². The Hall–Kier alpha value is -0.180. The molecule has 0 aromatic carbocycles. The fourth-order valence-electron chi connectivity index (χ4n) is 0.882. The Bertz CT molecular complexity index is 94.8. The summed E-state index contributed by atoms with van der Waals surface area (Å²) < 4.78 is 24.5. The minimum Gasteiger partial charge on any atom is -0.396 e. The van der Waals surface area contributed by atoms with Gasteiger partial charge in [0.1, 0.15) is 0 Å². The van der Waals surface area contributed by atoms with E-state index < -0.39 is 5.92 Å². The molecule has 0 saturated carbocycles. The summed E-state index contributed by atoms with van der Waals surface area (Å²) in [7, 11) is 0. The molecule has 0 bridgehead atoms. The van der Waals surface area contributed by atoms with Crippen molar-refractivity contribution in [2.75, 3.05) is 6.61 Å². The van der Waals surface area contributed by atoms with Gasteiger partial charge in [-0.1, -0.05) is 13.3 Å². The van der Waals surface area contributed by atoms with Crippen LogP contribution in [0.25, 0.3) is 0 Å². The lowest BCUT2D eigenvalue weighted by Crippen LogP contribution is -2.14. The fraction of sp³-hybridized carbons (Fsp3) is 1.00. The maximum absolute atomic E-state index is 12.3. The van der Waals surface area contributed by atoms with Crippen molar-refractivity contribution in [3.63, 3.8) is 0 Å². The lowest BCUT2D eigenvalue weighted by molar-refractivity contribution is 0.00401. The van der Waals surface area contributed by atoms with Crippen molar-refractivity contribution in [3.05, 3.63) is 0 Å². The number of hydrogen-bond donors (Lipinski definition) is 1. The lowest BCUT2D eigenvalue weighted by atomic mass is 9.99. The lowest BCUT2D eigenvalue weighted by Gasteiger charge is -2.14. The van der Waals surface area contributed by atoms with Crippen LogP contribution in [0, 0.1) is 5.92 Å². The summed E-state index contributed by atoms with van der Waals surface area (Å²) in [6, 6.07) is 0. The summed E-state index contributed by atoms with van der Waals surface area (Å²) in [6.45, 7) is 2.83. The van der Waals surface area contributed by atoms with Gasteiger partial charge in [0.2, 0.25) is 5.92 Å². The van der Waals surface area contributed by atoms with Gasteiger partial charge < -0.3 is 5.11 Å². The molecule has 11 heavy (non-hydrogen) atoms. The van der Waals surface area contributed by atoms with E-state index in [4.69, 9.17) is 5.11 Å². The first-order valence-corrected chi connectivity index (χ1v) is 3.98. The first kappa shape index (κ1) is 10.8. The molecule has 0 unspecified atom stereocenters. The highest BCUT2D eigenvalue weighted by atomic mass is 19.3. The minimum atomic E-state index is -2.58. The molecule has 0 radical (unpaired) electrons. The molecule has 0 aliphatic rings. The van der Waals surface area contributed by atoms with Gasteiger partial charge in [-0.15, -0.1) is 0 Å². The van der Waals surface area contributed by atoms with Crippen LogP contribution in [0.1, 0.15) is 33.1 Å². The molecule has 1 nitrogen and oxygen atoms in total. The predicted octanol–water partition coefficient (Wildman–Crippen LogP) is 2.44. The Morgan fingerprint density at radius 3 is 2.27 bits per heavy atom. The number of rotatable bonds is 5. The van der Waals surface area contributed by atoms with Crippen LogP contribution in [0.2, 0.25) is 0 Å². The SMILES string of the molecule is CC[C@@H](CO)CCC(C)(F)F. The van der Waals surface area contributed by atoms with Crippen molar-refractivity contribution in [2.24, 2.45) is 5.92 Å². The molecule has 0 spiro atoms. The van der Waals surface area contributed by atoms with Gasteiger partial charge >= 0.3 is 0 Å². The van der Waals surface area contributed by atoms with Crippen LogP contribution in [0.4, 0.5) is 8.78 Å². The van der Waals surface area contributed by atoms with E-state index in [-0.39, 0.29) is 18.9 Å². The van der Waals surface area contributed by atoms with E-state index >= 15 is 0 Å². The molecular formula is C8H16F2O. The Kier molecular flexibility index (Phi) is 4.57. The zero-order valence-electron chi connectivity index (χ0n) is 7.11. The average Bonchev–Trinajstić information content (AvgIpc) is 1.88. The molecule has 0 rings (SSSR count). The molecule has 3 heteroatoms. The summed E-state index contributed by atoms with van der Waals surface area (Å²) in [4.78, 5) is 0. The molecule has 68 valence electrons. The van der Waals surface area contributed by atoms with E-state index in [1.807, 2.05) is 6.92 Å². The van der Waals surface area contributed by atoms with E-state index in [0.29, 0.717) is 6.42 Å². The highest BCUT2D eigenvalue weighted by Crippen LogP contribution is 2.22. The summed E-state index contributed by atoms with van der Waals surface area (Å²) >= 11 is 0. The third-order valence-electron chi connectivity index (χ3n) is 1.83. The van der Waals surface area contributed by atoms with Gasteiger partial charge in [0.05, 0.1) is 0 Å². The van der Waals surface area contributed by atoms with Crippen molar-refractivity contribution in [3.8, 4) is 0 Å². The van der Waals surface area contributed by atoms with Crippen LogP contribution in [0.3, 0.4) is 0 Å². The summed E-state index contributed by atoms with van der Waals surface area (Å²) in [5, 5.41) is 8.68. The Balaban J connectivity index is 3.51. The summed E-state index contributed by atoms with van der Waals surface area (Å²) in [5.41, 5.74) is 0. The maximum Gasteiger partial charge on any atom is 0.245 e. The minimum absolute atomic E-state index is 0.0204. The van der Waals surface area contributed by atoms with Crippen LogP contribution in [-0.4, -0.2) is 17.6 Å². The first-order chi connectivity index (χ1) is 4.99. The van der Waals surface area contributed by atoms with Gasteiger partial charge in [-0.2, -0.15) is 0 Å². The second kappa shape index (κ2) is 4.65. The van der Waals surface area contributed by atoms with Crippen molar-refractivity contribution >= 4 is 0 Å². The quantitative estimate of drug-likeness (QED) is 0.665. The highest BCUT2D eigenvalue weighted by molar-refractivity contribution is 4.63. The number of alkyl halides is 2. The Morgan fingerprint density at radius 1 is 1.45 bits per heavy atom. The highest BCUT2D eigenvalue weighted by Gasteiger charge is 2.21. The van der Waals surface area contributed by atoms with Crippen molar-refractivity contribution in [1.82, 2.24) is 0 Å². The average molecular weight is 166 g/mol. The monoisotopic (exact) mass is 166 g/mol. The summed E-state index contributed by atoms with van der Waals surface area (Å²) in [5.74, 6) is -2.54. The smallest absolute Gasteiger partial charge is 0.245 e. The molecule has 0 fully saturated rings. The number of aliphatic hydroxyl groups is 1. The second-order valence-electron chi connectivity index (χ2n) is 3.07. The summed E-state index contributed by atoms with van der Waals surface area (Å²) in [6.07, 6.45) is 1.06. The normalized spacial score (nSPS) is 15.0. The Morgan fingerprint density at radius 2 is 2.00 bits per heavy atom. The molecule has 0 saturated heterocycles. The van der Waals surface area contributed by atoms with Gasteiger partial charge in [0.25, 0.3) is 0 Å². The number of hydrogen-bond acceptors (Lipinski definition) is 1. The number of halogens is 2. The van der Waals surface area contributed by atoms with Gasteiger partial charge in [0, 0.05) is 13.0 Å². The third kappa shape index (κ3) is 6.23. The van der Waals surface area contributed by atoms with Crippen LogP contribution in [-0.2, 0) is 0 Å². The van der Waals surface area contributed by atoms with Crippen LogP contribution < -0.4 is 0 Å². The van der Waals surface area contributed by atoms with E-state index in [1.165, 1.54) is 0 Å². The largest absolute Gasteiger partial charge is 0.396 e. The first-order valence-electron chi connectivity index (χ1n) is 3.98.